The summed E-state index contributed by atoms with van der Waals surface area (Å²) in [4.78, 5) is 11.6. The van der Waals surface area contributed by atoms with Crippen molar-refractivity contribution in [3.63, 3.8) is 0 Å². The van der Waals surface area contributed by atoms with Crippen LogP contribution in [0.5, 0.6) is 0 Å². The van der Waals surface area contributed by atoms with Crippen LogP contribution in [0, 0.1) is 0 Å². The van der Waals surface area contributed by atoms with Gasteiger partial charge in [-0.2, -0.15) is 0 Å². The normalized spacial score (nSPS) is 12.2. The van der Waals surface area contributed by atoms with E-state index < -0.39 is 21.7 Å². The van der Waals surface area contributed by atoms with Crippen LogP contribution in [0.1, 0.15) is 26.3 Å². The van der Waals surface area contributed by atoms with E-state index in [2.05, 4.69) is 5.32 Å². The topological polar surface area (TPSA) is 75.7 Å². The van der Waals surface area contributed by atoms with E-state index in [1.54, 1.807) is 20.8 Å². The smallest absolute Gasteiger partial charge is 0.407 e. The van der Waals surface area contributed by atoms with E-state index in [-0.39, 0.29) is 13.1 Å². The van der Waals surface area contributed by atoms with E-state index in [9.17, 15) is 13.2 Å². The fraction of sp³-hybridized carbons (Fsp3) is 0.562. The molecule has 0 aromatic heterocycles. The van der Waals surface area contributed by atoms with Gasteiger partial charge in [0.15, 0.2) is 0 Å². The van der Waals surface area contributed by atoms with E-state index in [1.807, 2.05) is 30.3 Å². The maximum absolute atomic E-state index is 11.8. The first-order valence-electron chi connectivity index (χ1n) is 7.54. The van der Waals surface area contributed by atoms with Crippen LogP contribution < -0.4 is 5.32 Å². The molecule has 0 bridgehead atoms. The molecule has 0 saturated heterocycles. The largest absolute Gasteiger partial charge is 0.444 e. The van der Waals surface area contributed by atoms with Crippen LogP contribution in [-0.4, -0.2) is 50.3 Å². The SMILES string of the molecule is CC(C)(C)OC(=O)NCCN(CCc1ccccc1)S(C)(=O)=O. The molecule has 0 heterocycles. The summed E-state index contributed by atoms with van der Waals surface area (Å²) in [5.74, 6) is 0. The Labute approximate surface area is 138 Å². The summed E-state index contributed by atoms with van der Waals surface area (Å²) in [6.07, 6.45) is 1.25. The van der Waals surface area contributed by atoms with E-state index in [4.69, 9.17) is 4.74 Å². The standard InChI is InChI=1S/C16H26N2O4S/c1-16(2,3)22-15(19)17-11-13-18(23(4,20)21)12-10-14-8-6-5-7-9-14/h5-9H,10-13H2,1-4H3,(H,17,19). The summed E-state index contributed by atoms with van der Waals surface area (Å²) in [6.45, 7) is 6.11. The predicted octanol–water partition coefficient (Wildman–Crippen LogP) is 2.02. The monoisotopic (exact) mass is 342 g/mol. The number of alkyl carbamates (subject to hydrolysis) is 1. The highest BCUT2D eigenvalue weighted by atomic mass is 32.2. The highest BCUT2D eigenvalue weighted by Gasteiger charge is 2.18. The third-order valence-electron chi connectivity index (χ3n) is 2.99. The molecule has 23 heavy (non-hydrogen) atoms. The van der Waals surface area contributed by atoms with Gasteiger partial charge in [-0.05, 0) is 32.8 Å². The number of ether oxygens (including phenoxy) is 1. The summed E-state index contributed by atoms with van der Waals surface area (Å²) in [6, 6.07) is 9.68. The Kier molecular flexibility index (Phi) is 7.02. The van der Waals surface area contributed by atoms with Gasteiger partial charge in [0.1, 0.15) is 5.60 Å². The average Bonchev–Trinajstić information content (AvgIpc) is 2.40. The molecular formula is C16H26N2O4S. The molecule has 1 N–H and O–H groups in total. The summed E-state index contributed by atoms with van der Waals surface area (Å²) < 4.78 is 30.2. The lowest BCUT2D eigenvalue weighted by molar-refractivity contribution is 0.0525. The molecule has 130 valence electrons. The summed E-state index contributed by atoms with van der Waals surface area (Å²) in [5.41, 5.74) is 0.495. The van der Waals surface area contributed by atoms with Gasteiger partial charge in [-0.3, -0.25) is 0 Å². The molecule has 1 aromatic carbocycles. The highest BCUT2D eigenvalue weighted by Crippen LogP contribution is 2.07. The maximum atomic E-state index is 11.8. The molecule has 0 unspecified atom stereocenters. The second kappa shape index (κ2) is 8.31. The van der Waals surface area contributed by atoms with Crippen molar-refractivity contribution < 1.29 is 17.9 Å². The van der Waals surface area contributed by atoms with Gasteiger partial charge in [-0.25, -0.2) is 17.5 Å². The van der Waals surface area contributed by atoms with E-state index in [0.717, 1.165) is 5.56 Å². The molecule has 0 radical (unpaired) electrons. The molecule has 1 rings (SSSR count). The van der Waals surface area contributed by atoms with Crippen LogP contribution in [-0.2, 0) is 21.2 Å². The zero-order chi connectivity index (χ0) is 17.5. The van der Waals surface area contributed by atoms with Crippen LogP contribution in [0.3, 0.4) is 0 Å². The van der Waals surface area contributed by atoms with Gasteiger partial charge in [0.25, 0.3) is 0 Å². The molecule has 7 heteroatoms. The van der Waals surface area contributed by atoms with E-state index in [0.29, 0.717) is 13.0 Å². The number of carbonyl (C=O) groups is 1. The Hall–Kier alpha value is -1.60. The fourth-order valence-corrected chi connectivity index (χ4v) is 2.78. The molecule has 0 spiro atoms. The van der Waals surface area contributed by atoms with Gasteiger partial charge in [0.05, 0.1) is 6.26 Å². The molecule has 1 aromatic rings. The number of carbonyl (C=O) groups excluding carboxylic acids is 1. The lowest BCUT2D eigenvalue weighted by Gasteiger charge is -2.22. The molecule has 0 aliphatic heterocycles. The first-order chi connectivity index (χ1) is 10.6. The second-order valence-electron chi connectivity index (χ2n) is 6.33. The number of benzene rings is 1. The molecule has 0 saturated carbocycles. The molecular weight excluding hydrogens is 316 g/mol. The molecule has 0 fully saturated rings. The summed E-state index contributed by atoms with van der Waals surface area (Å²) in [5, 5.41) is 2.57. The highest BCUT2D eigenvalue weighted by molar-refractivity contribution is 7.88. The zero-order valence-corrected chi connectivity index (χ0v) is 15.0. The number of amides is 1. The fourth-order valence-electron chi connectivity index (χ4n) is 1.94. The quantitative estimate of drug-likeness (QED) is 0.822. The van der Waals surface area contributed by atoms with Crippen molar-refractivity contribution >= 4 is 16.1 Å². The lowest BCUT2D eigenvalue weighted by Crippen LogP contribution is -2.40. The van der Waals surface area contributed by atoms with Crippen LogP contribution >= 0.6 is 0 Å². The van der Waals surface area contributed by atoms with Crippen LogP contribution in [0.25, 0.3) is 0 Å². The molecule has 6 nitrogen and oxygen atoms in total. The predicted molar refractivity (Wildman–Crippen MR) is 90.8 cm³/mol. The zero-order valence-electron chi connectivity index (χ0n) is 14.2. The second-order valence-corrected chi connectivity index (χ2v) is 8.31. The van der Waals surface area contributed by atoms with Gasteiger partial charge in [-0.1, -0.05) is 30.3 Å². The van der Waals surface area contributed by atoms with Gasteiger partial charge in [-0.15, -0.1) is 0 Å². The third-order valence-corrected chi connectivity index (χ3v) is 4.29. The van der Waals surface area contributed by atoms with Gasteiger partial charge >= 0.3 is 6.09 Å². The first kappa shape index (κ1) is 19.4. The average molecular weight is 342 g/mol. The Morgan fingerprint density at radius 3 is 2.30 bits per heavy atom. The lowest BCUT2D eigenvalue weighted by atomic mass is 10.1. The Balaban J connectivity index is 2.48. The van der Waals surface area contributed by atoms with Gasteiger partial charge < -0.3 is 10.1 Å². The third kappa shape index (κ3) is 8.56. The minimum atomic E-state index is -3.33. The maximum Gasteiger partial charge on any atom is 0.407 e. The number of rotatable bonds is 7. The van der Waals surface area contributed by atoms with Crippen molar-refractivity contribution in [3.8, 4) is 0 Å². The van der Waals surface area contributed by atoms with Gasteiger partial charge in [0, 0.05) is 19.6 Å². The summed E-state index contributed by atoms with van der Waals surface area (Å²) >= 11 is 0. The van der Waals surface area contributed by atoms with Crippen molar-refractivity contribution in [3.05, 3.63) is 35.9 Å². The van der Waals surface area contributed by atoms with Crippen molar-refractivity contribution in [1.29, 1.82) is 0 Å². The molecule has 0 aliphatic carbocycles. The number of nitrogens with zero attached hydrogens (tertiary/aromatic N) is 1. The van der Waals surface area contributed by atoms with Crippen molar-refractivity contribution in [2.45, 2.75) is 32.8 Å². The van der Waals surface area contributed by atoms with Crippen LogP contribution in [0.4, 0.5) is 4.79 Å². The molecule has 0 aliphatic rings. The minimum absolute atomic E-state index is 0.205. The number of nitrogens with one attached hydrogen (secondary N) is 1. The van der Waals surface area contributed by atoms with Crippen molar-refractivity contribution in [2.75, 3.05) is 25.9 Å². The Morgan fingerprint density at radius 1 is 1.17 bits per heavy atom. The van der Waals surface area contributed by atoms with Gasteiger partial charge in [0.2, 0.25) is 10.0 Å². The van der Waals surface area contributed by atoms with Crippen molar-refractivity contribution in [1.82, 2.24) is 9.62 Å². The number of hydrogen-bond donors (Lipinski definition) is 1. The summed E-state index contributed by atoms with van der Waals surface area (Å²) in [7, 11) is -3.33. The molecule has 1 amide bonds. The van der Waals surface area contributed by atoms with E-state index >= 15 is 0 Å². The van der Waals surface area contributed by atoms with E-state index in [1.165, 1.54) is 10.6 Å². The Bertz CT molecular complexity index is 594. The van der Waals surface area contributed by atoms with Crippen LogP contribution in [0.2, 0.25) is 0 Å². The first-order valence-corrected chi connectivity index (χ1v) is 9.39. The minimum Gasteiger partial charge on any atom is -0.444 e. The number of hydrogen-bond acceptors (Lipinski definition) is 4. The van der Waals surface area contributed by atoms with Crippen molar-refractivity contribution in [2.24, 2.45) is 0 Å². The van der Waals surface area contributed by atoms with Crippen LogP contribution in [0.15, 0.2) is 30.3 Å². The number of sulfonamides is 1. The molecule has 0 atom stereocenters. The Morgan fingerprint density at radius 2 is 1.78 bits per heavy atom.